The van der Waals surface area contributed by atoms with Gasteiger partial charge in [0, 0.05) is 13.1 Å². The number of amides is 1. The van der Waals surface area contributed by atoms with Crippen LogP contribution in [-0.2, 0) is 4.79 Å². The zero-order valence-corrected chi connectivity index (χ0v) is 9.53. The molecule has 0 aromatic carbocycles. The highest BCUT2D eigenvalue weighted by Gasteiger charge is 2.18. The summed E-state index contributed by atoms with van der Waals surface area (Å²) < 4.78 is 4.96. The van der Waals surface area contributed by atoms with E-state index in [1.807, 2.05) is 0 Å². The molecule has 0 saturated carbocycles. The first-order valence-corrected chi connectivity index (χ1v) is 5.18. The molecule has 0 aliphatic carbocycles. The molecule has 1 aromatic rings. The average molecular weight is 246 g/mol. The fraction of sp³-hybridized carbons (Fsp3) is 0.400. The Morgan fingerprint density at radius 3 is 2.62 bits per heavy atom. The Labute approximate surface area is 97.6 Å². The van der Waals surface area contributed by atoms with Crippen molar-refractivity contribution in [3.05, 3.63) is 23.1 Å². The van der Waals surface area contributed by atoms with Crippen LogP contribution in [0.4, 0.5) is 0 Å². The highest BCUT2D eigenvalue weighted by molar-refractivity contribution is 6.29. The molecule has 0 radical (unpaired) electrons. The lowest BCUT2D eigenvalue weighted by Crippen LogP contribution is -2.32. The van der Waals surface area contributed by atoms with E-state index in [2.05, 4.69) is 0 Å². The molecule has 16 heavy (non-hydrogen) atoms. The van der Waals surface area contributed by atoms with E-state index in [1.165, 1.54) is 17.0 Å². The molecule has 1 rings (SSSR count). The lowest BCUT2D eigenvalue weighted by Gasteiger charge is -2.18. The van der Waals surface area contributed by atoms with Crippen LogP contribution in [0, 0.1) is 0 Å². The summed E-state index contributed by atoms with van der Waals surface area (Å²) in [6.07, 6.45) is -0.0893. The quantitative estimate of drug-likeness (QED) is 0.860. The molecular weight excluding hydrogens is 234 g/mol. The normalized spacial score (nSPS) is 10.1. The maximum Gasteiger partial charge on any atom is 0.305 e. The second-order valence-corrected chi connectivity index (χ2v) is 3.50. The molecule has 0 bridgehead atoms. The summed E-state index contributed by atoms with van der Waals surface area (Å²) in [6, 6.07) is 2.94. The molecule has 1 amide bonds. The van der Waals surface area contributed by atoms with Crippen molar-refractivity contribution in [2.45, 2.75) is 13.3 Å². The van der Waals surface area contributed by atoms with Crippen LogP contribution in [0.2, 0.25) is 5.22 Å². The number of furan rings is 1. The van der Waals surface area contributed by atoms with Crippen LogP contribution in [-0.4, -0.2) is 35.0 Å². The number of carbonyl (C=O) groups excluding carboxylic acids is 1. The molecule has 88 valence electrons. The Balaban J connectivity index is 2.66. The first-order chi connectivity index (χ1) is 7.54. The van der Waals surface area contributed by atoms with Crippen molar-refractivity contribution in [1.82, 2.24) is 4.90 Å². The predicted octanol–water partition coefficient (Wildman–Crippen LogP) is 1.87. The summed E-state index contributed by atoms with van der Waals surface area (Å²) >= 11 is 5.55. The number of halogens is 1. The molecular formula is C10H12ClNO4. The monoisotopic (exact) mass is 245 g/mol. The van der Waals surface area contributed by atoms with Gasteiger partial charge in [0.2, 0.25) is 0 Å². The van der Waals surface area contributed by atoms with Crippen molar-refractivity contribution in [2.75, 3.05) is 13.1 Å². The van der Waals surface area contributed by atoms with E-state index in [1.54, 1.807) is 6.92 Å². The minimum Gasteiger partial charge on any atom is -0.481 e. The molecule has 1 N–H and O–H groups in total. The zero-order chi connectivity index (χ0) is 12.1. The number of carboxylic acids is 1. The predicted molar refractivity (Wildman–Crippen MR) is 57.5 cm³/mol. The third-order valence-corrected chi connectivity index (χ3v) is 2.25. The lowest BCUT2D eigenvalue weighted by molar-refractivity contribution is -0.137. The smallest absolute Gasteiger partial charge is 0.305 e. The van der Waals surface area contributed by atoms with Crippen molar-refractivity contribution in [3.8, 4) is 0 Å². The van der Waals surface area contributed by atoms with Crippen LogP contribution in [0.25, 0.3) is 0 Å². The molecule has 1 aromatic heterocycles. The maximum atomic E-state index is 11.8. The van der Waals surface area contributed by atoms with Gasteiger partial charge in [-0.3, -0.25) is 9.59 Å². The lowest BCUT2D eigenvalue weighted by atomic mass is 10.3. The summed E-state index contributed by atoms with van der Waals surface area (Å²) in [6.45, 7) is 2.34. The topological polar surface area (TPSA) is 70.8 Å². The summed E-state index contributed by atoms with van der Waals surface area (Å²) in [5.74, 6) is -1.17. The number of rotatable bonds is 5. The first-order valence-electron chi connectivity index (χ1n) is 4.81. The van der Waals surface area contributed by atoms with E-state index >= 15 is 0 Å². The Hall–Kier alpha value is -1.49. The number of carboxylic acid groups (broad SMARTS) is 1. The fourth-order valence-corrected chi connectivity index (χ4v) is 1.37. The molecule has 0 spiro atoms. The SMILES string of the molecule is CCN(CCC(=O)O)C(=O)c1ccc(Cl)o1. The van der Waals surface area contributed by atoms with Crippen molar-refractivity contribution >= 4 is 23.5 Å². The van der Waals surface area contributed by atoms with E-state index in [0.717, 1.165) is 0 Å². The molecule has 6 heteroatoms. The van der Waals surface area contributed by atoms with Gasteiger partial charge in [0.25, 0.3) is 5.91 Å². The van der Waals surface area contributed by atoms with Gasteiger partial charge in [-0.1, -0.05) is 0 Å². The van der Waals surface area contributed by atoms with Gasteiger partial charge in [-0.25, -0.2) is 0 Å². The Morgan fingerprint density at radius 1 is 1.50 bits per heavy atom. The van der Waals surface area contributed by atoms with Gasteiger partial charge in [-0.15, -0.1) is 0 Å². The fourth-order valence-electron chi connectivity index (χ4n) is 1.22. The first kappa shape index (κ1) is 12.6. The molecule has 5 nitrogen and oxygen atoms in total. The van der Waals surface area contributed by atoms with E-state index in [0.29, 0.717) is 6.54 Å². The van der Waals surface area contributed by atoms with Gasteiger partial charge in [0.1, 0.15) is 0 Å². The van der Waals surface area contributed by atoms with Crippen molar-refractivity contribution in [1.29, 1.82) is 0 Å². The summed E-state index contributed by atoms with van der Waals surface area (Å²) in [5.41, 5.74) is 0. The van der Waals surface area contributed by atoms with Crippen LogP contribution >= 0.6 is 11.6 Å². The summed E-state index contributed by atoms with van der Waals surface area (Å²) in [5, 5.41) is 8.67. The molecule has 0 aliphatic rings. The van der Waals surface area contributed by atoms with Crippen molar-refractivity contribution in [3.63, 3.8) is 0 Å². The van der Waals surface area contributed by atoms with Gasteiger partial charge in [-0.2, -0.15) is 0 Å². The second kappa shape index (κ2) is 5.55. The molecule has 0 unspecified atom stereocenters. The van der Waals surface area contributed by atoms with Crippen molar-refractivity contribution < 1.29 is 19.1 Å². The summed E-state index contributed by atoms with van der Waals surface area (Å²) in [4.78, 5) is 23.6. The average Bonchev–Trinajstić information content (AvgIpc) is 2.65. The Bertz CT molecular complexity index is 388. The van der Waals surface area contributed by atoms with Crippen LogP contribution in [0.1, 0.15) is 23.9 Å². The highest BCUT2D eigenvalue weighted by atomic mass is 35.5. The minimum absolute atomic E-state index is 0.0893. The Kier molecular flexibility index (Phi) is 4.37. The zero-order valence-electron chi connectivity index (χ0n) is 8.77. The molecule has 0 aliphatic heterocycles. The van der Waals surface area contributed by atoms with Gasteiger partial charge < -0.3 is 14.4 Å². The summed E-state index contributed by atoms with van der Waals surface area (Å²) in [7, 11) is 0. The van der Waals surface area contributed by atoms with Crippen LogP contribution < -0.4 is 0 Å². The third kappa shape index (κ3) is 3.27. The standard InChI is InChI=1S/C10H12ClNO4/c1-2-12(6-5-9(13)14)10(15)7-3-4-8(11)16-7/h3-4H,2,5-6H2,1H3,(H,13,14). The maximum absolute atomic E-state index is 11.8. The molecule has 0 saturated heterocycles. The number of carbonyl (C=O) groups is 2. The van der Waals surface area contributed by atoms with E-state index < -0.39 is 5.97 Å². The van der Waals surface area contributed by atoms with Gasteiger partial charge >= 0.3 is 5.97 Å². The number of nitrogens with zero attached hydrogens (tertiary/aromatic N) is 1. The van der Waals surface area contributed by atoms with E-state index in [-0.39, 0.29) is 29.9 Å². The van der Waals surface area contributed by atoms with Crippen LogP contribution in [0.5, 0.6) is 0 Å². The minimum atomic E-state index is -0.941. The van der Waals surface area contributed by atoms with Gasteiger partial charge in [-0.05, 0) is 30.7 Å². The van der Waals surface area contributed by atoms with Gasteiger partial charge in [0.05, 0.1) is 6.42 Å². The number of aliphatic carboxylic acids is 1. The largest absolute Gasteiger partial charge is 0.481 e. The molecule has 1 heterocycles. The van der Waals surface area contributed by atoms with E-state index in [9.17, 15) is 9.59 Å². The number of hydrogen-bond donors (Lipinski definition) is 1. The highest BCUT2D eigenvalue weighted by Crippen LogP contribution is 2.15. The molecule has 0 fully saturated rings. The van der Waals surface area contributed by atoms with E-state index in [4.69, 9.17) is 21.1 Å². The molecule has 0 atom stereocenters. The number of hydrogen-bond acceptors (Lipinski definition) is 3. The van der Waals surface area contributed by atoms with Gasteiger partial charge in [0.15, 0.2) is 11.0 Å². The van der Waals surface area contributed by atoms with Crippen molar-refractivity contribution in [2.24, 2.45) is 0 Å². The third-order valence-electron chi connectivity index (χ3n) is 2.05. The van der Waals surface area contributed by atoms with Crippen LogP contribution in [0.3, 0.4) is 0 Å². The Morgan fingerprint density at radius 2 is 2.19 bits per heavy atom. The second-order valence-electron chi connectivity index (χ2n) is 3.13. The van der Waals surface area contributed by atoms with Crippen LogP contribution in [0.15, 0.2) is 16.5 Å².